The number of para-hydroxylation sites is 1. The number of carbonyl (C=O) groups excluding carboxylic acids is 1. The molecular formula is C13H18N2O2S. The lowest BCUT2D eigenvalue weighted by Gasteiger charge is -2.18. The highest BCUT2D eigenvalue weighted by atomic mass is 32.1. The first-order valence-corrected chi connectivity index (χ1v) is 6.26. The number of hydrogen-bond acceptors (Lipinski definition) is 3. The Balaban J connectivity index is 2.45. The summed E-state index contributed by atoms with van der Waals surface area (Å²) in [4.78, 5) is 11.2. The summed E-state index contributed by atoms with van der Waals surface area (Å²) in [5.41, 5.74) is 0.919. The Morgan fingerprint density at radius 2 is 2.06 bits per heavy atom. The van der Waals surface area contributed by atoms with Gasteiger partial charge in [0.05, 0.1) is 13.5 Å². The Bertz CT molecular complexity index is 395. The summed E-state index contributed by atoms with van der Waals surface area (Å²) in [5.74, 6) is -0.239. The van der Waals surface area contributed by atoms with Gasteiger partial charge < -0.3 is 15.4 Å². The van der Waals surface area contributed by atoms with Crippen LogP contribution >= 0.6 is 12.2 Å². The van der Waals surface area contributed by atoms with E-state index in [0.717, 1.165) is 12.1 Å². The van der Waals surface area contributed by atoms with Crippen molar-refractivity contribution < 1.29 is 9.53 Å². The van der Waals surface area contributed by atoms with Crippen molar-refractivity contribution in [1.82, 2.24) is 5.32 Å². The highest BCUT2D eigenvalue weighted by molar-refractivity contribution is 7.80. The minimum Gasteiger partial charge on any atom is -0.469 e. The molecule has 0 bridgehead atoms. The Morgan fingerprint density at radius 3 is 2.61 bits per heavy atom. The maximum Gasteiger partial charge on any atom is 0.307 e. The molecule has 4 nitrogen and oxygen atoms in total. The van der Waals surface area contributed by atoms with E-state index in [2.05, 4.69) is 15.4 Å². The molecule has 1 rings (SSSR count). The van der Waals surface area contributed by atoms with E-state index in [1.807, 2.05) is 37.3 Å². The number of rotatable bonds is 5. The molecule has 1 atom stereocenters. The maximum atomic E-state index is 11.2. The van der Waals surface area contributed by atoms with E-state index in [9.17, 15) is 4.79 Å². The monoisotopic (exact) mass is 266 g/mol. The average molecular weight is 266 g/mol. The van der Waals surface area contributed by atoms with Crippen LogP contribution in [-0.4, -0.2) is 24.2 Å². The molecule has 0 aliphatic carbocycles. The maximum absolute atomic E-state index is 11.2. The van der Waals surface area contributed by atoms with E-state index < -0.39 is 0 Å². The molecule has 98 valence electrons. The van der Waals surface area contributed by atoms with Gasteiger partial charge in [-0.3, -0.25) is 4.79 Å². The number of nitrogens with one attached hydrogen (secondary N) is 2. The van der Waals surface area contributed by atoms with Crippen molar-refractivity contribution in [2.75, 3.05) is 12.4 Å². The SMILES string of the molecule is CCC(CC(=O)OC)NC(=S)Nc1ccccc1. The van der Waals surface area contributed by atoms with Gasteiger partial charge in [-0.2, -0.15) is 0 Å². The van der Waals surface area contributed by atoms with Crippen LogP contribution in [0.25, 0.3) is 0 Å². The number of carbonyl (C=O) groups is 1. The third-order valence-electron chi connectivity index (χ3n) is 2.50. The first-order chi connectivity index (χ1) is 8.65. The van der Waals surface area contributed by atoms with E-state index in [0.29, 0.717) is 11.5 Å². The van der Waals surface area contributed by atoms with Crippen LogP contribution in [0, 0.1) is 0 Å². The van der Waals surface area contributed by atoms with Gasteiger partial charge in [0, 0.05) is 11.7 Å². The third kappa shape index (κ3) is 5.14. The molecule has 0 spiro atoms. The number of methoxy groups -OCH3 is 1. The molecule has 0 amide bonds. The predicted octanol–water partition coefficient (Wildman–Crippen LogP) is 2.31. The van der Waals surface area contributed by atoms with Crippen molar-refractivity contribution in [3.63, 3.8) is 0 Å². The minimum absolute atomic E-state index is 0.0128. The van der Waals surface area contributed by atoms with Gasteiger partial charge in [-0.15, -0.1) is 0 Å². The molecule has 0 saturated heterocycles. The van der Waals surface area contributed by atoms with E-state index in [-0.39, 0.29) is 12.0 Å². The second-order valence-corrected chi connectivity index (χ2v) is 4.26. The van der Waals surface area contributed by atoms with Gasteiger partial charge in [-0.1, -0.05) is 25.1 Å². The largest absolute Gasteiger partial charge is 0.469 e. The summed E-state index contributed by atoms with van der Waals surface area (Å²) in [5, 5.41) is 6.68. The number of anilines is 1. The van der Waals surface area contributed by atoms with Gasteiger partial charge >= 0.3 is 5.97 Å². The second-order valence-electron chi connectivity index (χ2n) is 3.85. The molecule has 0 radical (unpaired) electrons. The molecule has 0 fully saturated rings. The lowest BCUT2D eigenvalue weighted by molar-refractivity contribution is -0.141. The van der Waals surface area contributed by atoms with E-state index in [4.69, 9.17) is 12.2 Å². The van der Waals surface area contributed by atoms with E-state index in [1.54, 1.807) is 0 Å². The topological polar surface area (TPSA) is 50.4 Å². The number of ether oxygens (including phenoxy) is 1. The van der Waals surface area contributed by atoms with Crippen molar-refractivity contribution >= 4 is 29.0 Å². The lowest BCUT2D eigenvalue weighted by atomic mass is 10.1. The van der Waals surface area contributed by atoms with Gasteiger partial charge in [0.15, 0.2) is 5.11 Å². The Kier molecular flexibility index (Phi) is 6.14. The van der Waals surface area contributed by atoms with Gasteiger partial charge in [-0.05, 0) is 30.8 Å². The van der Waals surface area contributed by atoms with Crippen LogP contribution < -0.4 is 10.6 Å². The molecule has 0 saturated carbocycles. The fourth-order valence-corrected chi connectivity index (χ4v) is 1.74. The average Bonchev–Trinajstić information content (AvgIpc) is 2.38. The quantitative estimate of drug-likeness (QED) is 0.633. The van der Waals surface area contributed by atoms with Crippen molar-refractivity contribution in [3.8, 4) is 0 Å². The summed E-state index contributed by atoms with van der Waals surface area (Å²) in [6, 6.07) is 9.63. The summed E-state index contributed by atoms with van der Waals surface area (Å²) in [6.07, 6.45) is 1.11. The Labute approximate surface area is 113 Å². The first kappa shape index (κ1) is 14.4. The summed E-state index contributed by atoms with van der Waals surface area (Å²) >= 11 is 5.19. The van der Waals surface area contributed by atoms with Gasteiger partial charge in [0.2, 0.25) is 0 Å². The molecule has 2 N–H and O–H groups in total. The van der Waals surface area contributed by atoms with Gasteiger partial charge in [0.25, 0.3) is 0 Å². The zero-order chi connectivity index (χ0) is 13.4. The molecule has 1 aromatic carbocycles. The molecule has 5 heteroatoms. The van der Waals surface area contributed by atoms with E-state index >= 15 is 0 Å². The van der Waals surface area contributed by atoms with Crippen molar-refractivity contribution in [2.24, 2.45) is 0 Å². The summed E-state index contributed by atoms with van der Waals surface area (Å²) in [6.45, 7) is 1.99. The first-order valence-electron chi connectivity index (χ1n) is 5.85. The zero-order valence-electron chi connectivity index (χ0n) is 10.6. The predicted molar refractivity (Wildman–Crippen MR) is 76.5 cm³/mol. The van der Waals surface area contributed by atoms with Crippen LogP contribution in [0.4, 0.5) is 5.69 Å². The van der Waals surface area contributed by atoms with Crippen molar-refractivity contribution in [3.05, 3.63) is 30.3 Å². The van der Waals surface area contributed by atoms with Crippen molar-refractivity contribution in [2.45, 2.75) is 25.8 Å². The Morgan fingerprint density at radius 1 is 1.39 bits per heavy atom. The van der Waals surface area contributed by atoms with Crippen LogP contribution in [-0.2, 0) is 9.53 Å². The normalized spacial score (nSPS) is 11.4. The number of thiocarbonyl (C=S) groups is 1. The third-order valence-corrected chi connectivity index (χ3v) is 2.72. The minimum atomic E-state index is -0.239. The van der Waals surface area contributed by atoms with Gasteiger partial charge in [0.1, 0.15) is 0 Å². The number of hydrogen-bond donors (Lipinski definition) is 2. The number of esters is 1. The van der Waals surface area contributed by atoms with Crippen LogP contribution in [0.1, 0.15) is 19.8 Å². The van der Waals surface area contributed by atoms with E-state index in [1.165, 1.54) is 7.11 Å². The summed E-state index contributed by atoms with van der Waals surface area (Å²) < 4.78 is 4.64. The van der Waals surface area contributed by atoms with Crippen LogP contribution in [0.5, 0.6) is 0 Å². The zero-order valence-corrected chi connectivity index (χ0v) is 11.4. The second kappa shape index (κ2) is 7.66. The highest BCUT2D eigenvalue weighted by Gasteiger charge is 2.13. The van der Waals surface area contributed by atoms with Crippen LogP contribution in [0.3, 0.4) is 0 Å². The molecule has 0 aliphatic heterocycles. The summed E-state index contributed by atoms with van der Waals surface area (Å²) in [7, 11) is 1.38. The Hall–Kier alpha value is -1.62. The highest BCUT2D eigenvalue weighted by Crippen LogP contribution is 2.06. The molecular weight excluding hydrogens is 248 g/mol. The molecule has 0 aromatic heterocycles. The number of benzene rings is 1. The fourth-order valence-electron chi connectivity index (χ4n) is 1.46. The lowest BCUT2D eigenvalue weighted by Crippen LogP contribution is -2.38. The fraction of sp³-hybridized carbons (Fsp3) is 0.385. The van der Waals surface area contributed by atoms with Crippen LogP contribution in [0.2, 0.25) is 0 Å². The van der Waals surface area contributed by atoms with Crippen LogP contribution in [0.15, 0.2) is 30.3 Å². The van der Waals surface area contributed by atoms with Gasteiger partial charge in [-0.25, -0.2) is 0 Å². The smallest absolute Gasteiger partial charge is 0.307 e. The molecule has 1 aromatic rings. The molecule has 18 heavy (non-hydrogen) atoms. The molecule has 0 heterocycles. The molecule has 1 unspecified atom stereocenters. The molecule has 0 aliphatic rings. The standard InChI is InChI=1S/C13H18N2O2S/c1-3-10(9-12(16)17-2)14-13(18)15-11-7-5-4-6-8-11/h4-8,10H,3,9H2,1-2H3,(H2,14,15,18). The van der Waals surface area contributed by atoms with Crippen molar-refractivity contribution in [1.29, 1.82) is 0 Å².